The molecule has 0 bridgehead atoms. The molecule has 1 amide bonds. The molecule has 2 N–H and O–H groups in total. The lowest BCUT2D eigenvalue weighted by molar-refractivity contribution is -0.928. The highest BCUT2D eigenvalue weighted by Gasteiger charge is 2.22. The van der Waals surface area contributed by atoms with Gasteiger partial charge in [0.25, 0.3) is 5.91 Å². The fourth-order valence-corrected chi connectivity index (χ4v) is 4.55. The van der Waals surface area contributed by atoms with E-state index >= 15 is 0 Å². The predicted molar refractivity (Wildman–Crippen MR) is 122 cm³/mol. The summed E-state index contributed by atoms with van der Waals surface area (Å²) >= 11 is 0. The van der Waals surface area contributed by atoms with Crippen molar-refractivity contribution in [2.24, 2.45) is 0 Å². The molecular weight excluding hydrogens is 388 g/mol. The molecule has 1 fully saturated rings. The average molecular weight is 422 g/mol. The van der Waals surface area contributed by atoms with Gasteiger partial charge < -0.3 is 14.6 Å². The average Bonchev–Trinajstić information content (AvgIpc) is 3.42. The number of rotatable bonds is 7. The Hall–Kier alpha value is -2.86. The number of benzene rings is 1. The minimum absolute atomic E-state index is 0.105. The van der Waals surface area contributed by atoms with E-state index in [0.29, 0.717) is 23.7 Å². The Kier molecular flexibility index (Phi) is 6.56. The van der Waals surface area contributed by atoms with Gasteiger partial charge in [-0.3, -0.25) is 4.79 Å². The molecule has 0 radical (unpaired) electrons. The first-order valence-electron chi connectivity index (χ1n) is 11.4. The van der Waals surface area contributed by atoms with E-state index in [1.165, 1.54) is 31.4 Å². The van der Waals surface area contributed by atoms with Crippen molar-refractivity contribution in [3.63, 3.8) is 0 Å². The number of carbonyl (C=O) groups is 1. The summed E-state index contributed by atoms with van der Waals surface area (Å²) in [4.78, 5) is 14.8. The first-order valence-corrected chi connectivity index (χ1v) is 11.4. The van der Waals surface area contributed by atoms with E-state index in [0.717, 1.165) is 30.3 Å². The van der Waals surface area contributed by atoms with Gasteiger partial charge in [0.1, 0.15) is 11.4 Å². The molecule has 0 aliphatic carbocycles. The molecule has 1 aromatic carbocycles. The quantitative estimate of drug-likeness (QED) is 0.575. The van der Waals surface area contributed by atoms with Gasteiger partial charge in [-0.25, -0.2) is 4.68 Å². The van der Waals surface area contributed by atoms with Gasteiger partial charge in [0.2, 0.25) is 0 Å². The summed E-state index contributed by atoms with van der Waals surface area (Å²) in [5.41, 5.74) is 4.34. The summed E-state index contributed by atoms with van der Waals surface area (Å²) in [5, 5.41) is 7.81. The summed E-state index contributed by atoms with van der Waals surface area (Å²) < 4.78 is 7.25. The predicted octanol–water partition coefficient (Wildman–Crippen LogP) is 3.33. The molecule has 6 nitrogen and oxygen atoms in total. The topological polar surface area (TPSA) is 64.5 Å². The van der Waals surface area contributed by atoms with E-state index in [-0.39, 0.29) is 5.91 Å². The summed E-state index contributed by atoms with van der Waals surface area (Å²) in [5.74, 6) is 0.548. The Balaban J connectivity index is 1.50. The largest absolute Gasteiger partial charge is 0.463 e. The van der Waals surface area contributed by atoms with Gasteiger partial charge in [-0.15, -0.1) is 0 Å². The number of quaternary nitrogens is 1. The van der Waals surface area contributed by atoms with Crippen LogP contribution in [-0.2, 0) is 0 Å². The monoisotopic (exact) mass is 421 g/mol. The number of nitrogens with one attached hydrogen (secondary N) is 2. The van der Waals surface area contributed by atoms with Gasteiger partial charge in [-0.1, -0.05) is 17.7 Å². The van der Waals surface area contributed by atoms with Crippen molar-refractivity contribution in [3.8, 4) is 17.1 Å². The molecule has 1 unspecified atom stereocenters. The third kappa shape index (κ3) is 4.90. The van der Waals surface area contributed by atoms with Gasteiger partial charge in [0, 0.05) is 19.0 Å². The van der Waals surface area contributed by atoms with Crippen LogP contribution >= 0.6 is 0 Å². The maximum Gasteiger partial charge on any atom is 0.270 e. The Labute approximate surface area is 184 Å². The molecule has 2 aromatic heterocycles. The van der Waals surface area contributed by atoms with Crippen LogP contribution in [0.25, 0.3) is 17.1 Å². The number of amides is 1. The summed E-state index contributed by atoms with van der Waals surface area (Å²) in [6.07, 6.45) is 6.58. The van der Waals surface area contributed by atoms with Crippen LogP contribution in [0.5, 0.6) is 0 Å². The van der Waals surface area contributed by atoms with Crippen molar-refractivity contribution in [2.45, 2.75) is 52.5 Å². The van der Waals surface area contributed by atoms with Crippen molar-refractivity contribution in [1.29, 1.82) is 0 Å². The molecule has 0 saturated carbocycles. The molecule has 31 heavy (non-hydrogen) atoms. The smallest absolute Gasteiger partial charge is 0.270 e. The van der Waals surface area contributed by atoms with Crippen LogP contribution in [0.15, 0.2) is 47.1 Å². The number of nitrogens with zero attached hydrogens (tertiary/aromatic N) is 2. The Morgan fingerprint density at radius 2 is 2.13 bits per heavy atom. The standard InChI is InChI=1S/C25H32N4O2/c1-18-10-11-22(19(2)16-18)29-23(17-21(27-29)24-9-6-15-31-24)25(30)26-12-7-14-28-13-5-4-8-20(28)3/h6,9-11,15-17,20H,4-5,7-8,12-14H2,1-3H3,(H,26,30)/p+1/t20-/m1/s1. The Bertz CT molecular complexity index is 1020. The van der Waals surface area contributed by atoms with Gasteiger partial charge in [-0.2, -0.15) is 5.10 Å². The molecule has 1 aliphatic heterocycles. The van der Waals surface area contributed by atoms with Crippen molar-refractivity contribution in [1.82, 2.24) is 15.1 Å². The number of aromatic nitrogens is 2. The van der Waals surface area contributed by atoms with E-state index in [9.17, 15) is 4.79 Å². The van der Waals surface area contributed by atoms with Gasteiger partial charge >= 0.3 is 0 Å². The highest BCUT2D eigenvalue weighted by Crippen LogP contribution is 2.24. The van der Waals surface area contributed by atoms with Crippen LogP contribution in [0.3, 0.4) is 0 Å². The minimum atomic E-state index is -0.105. The SMILES string of the molecule is Cc1ccc(-n2nc(-c3ccco3)cc2C(=O)NCCC[NH+]2CCCC[C@H]2C)c(C)c1. The summed E-state index contributed by atoms with van der Waals surface area (Å²) in [6, 6.07) is 12.4. The number of furan rings is 1. The van der Waals surface area contributed by atoms with Gasteiger partial charge in [0.15, 0.2) is 5.76 Å². The zero-order valence-electron chi connectivity index (χ0n) is 18.8. The number of likely N-dealkylation sites (tertiary alicyclic amines) is 1. The molecule has 164 valence electrons. The molecule has 4 rings (SSSR count). The molecule has 2 atom stereocenters. The summed E-state index contributed by atoms with van der Waals surface area (Å²) in [7, 11) is 0. The van der Waals surface area contributed by atoms with E-state index in [1.54, 1.807) is 15.8 Å². The van der Waals surface area contributed by atoms with Crippen molar-refractivity contribution in [3.05, 3.63) is 59.5 Å². The molecule has 3 heterocycles. The van der Waals surface area contributed by atoms with E-state index < -0.39 is 0 Å². The normalized spacial score (nSPS) is 18.8. The third-order valence-electron chi connectivity index (χ3n) is 6.34. The number of aryl methyl sites for hydroxylation is 2. The number of carbonyl (C=O) groups excluding carboxylic acids is 1. The second-order valence-corrected chi connectivity index (χ2v) is 8.76. The highest BCUT2D eigenvalue weighted by atomic mass is 16.3. The van der Waals surface area contributed by atoms with Crippen LogP contribution in [0.1, 0.15) is 54.2 Å². The van der Waals surface area contributed by atoms with Crippen LogP contribution in [-0.4, -0.2) is 41.4 Å². The number of hydrogen-bond donors (Lipinski definition) is 2. The lowest BCUT2D eigenvalue weighted by Crippen LogP contribution is -3.16. The second-order valence-electron chi connectivity index (χ2n) is 8.76. The minimum Gasteiger partial charge on any atom is -0.463 e. The first kappa shape index (κ1) is 21.4. The first-order chi connectivity index (χ1) is 15.0. The van der Waals surface area contributed by atoms with Crippen molar-refractivity contribution < 1.29 is 14.1 Å². The van der Waals surface area contributed by atoms with Crippen LogP contribution in [0.4, 0.5) is 0 Å². The highest BCUT2D eigenvalue weighted by molar-refractivity contribution is 5.94. The zero-order valence-corrected chi connectivity index (χ0v) is 18.8. The lowest BCUT2D eigenvalue weighted by atomic mass is 10.0. The Morgan fingerprint density at radius 3 is 2.87 bits per heavy atom. The number of piperidine rings is 1. The maximum atomic E-state index is 13.1. The molecule has 0 spiro atoms. The molecular formula is C25H33N4O2+. The number of hydrogen-bond acceptors (Lipinski definition) is 3. The lowest BCUT2D eigenvalue weighted by Gasteiger charge is -2.30. The van der Waals surface area contributed by atoms with E-state index in [1.807, 2.05) is 37.3 Å². The fourth-order valence-electron chi connectivity index (χ4n) is 4.55. The van der Waals surface area contributed by atoms with E-state index in [4.69, 9.17) is 9.52 Å². The van der Waals surface area contributed by atoms with Crippen LogP contribution < -0.4 is 10.2 Å². The fraction of sp³-hybridized carbons (Fsp3) is 0.440. The molecule has 6 heteroatoms. The van der Waals surface area contributed by atoms with Crippen molar-refractivity contribution in [2.75, 3.05) is 19.6 Å². The van der Waals surface area contributed by atoms with Gasteiger partial charge in [0.05, 0.1) is 31.1 Å². The summed E-state index contributed by atoms with van der Waals surface area (Å²) in [6.45, 7) is 9.47. The van der Waals surface area contributed by atoms with Crippen LogP contribution in [0, 0.1) is 13.8 Å². The molecule has 1 aliphatic rings. The van der Waals surface area contributed by atoms with Gasteiger partial charge in [-0.05, 0) is 63.8 Å². The third-order valence-corrected chi connectivity index (χ3v) is 6.34. The second kappa shape index (κ2) is 9.52. The molecule has 3 aromatic rings. The van der Waals surface area contributed by atoms with Crippen LogP contribution in [0.2, 0.25) is 0 Å². The Morgan fingerprint density at radius 1 is 1.26 bits per heavy atom. The molecule has 1 saturated heterocycles. The van der Waals surface area contributed by atoms with Crippen molar-refractivity contribution >= 4 is 5.91 Å². The van der Waals surface area contributed by atoms with E-state index in [2.05, 4.69) is 25.2 Å². The maximum absolute atomic E-state index is 13.1. The zero-order chi connectivity index (χ0) is 21.8.